The van der Waals surface area contributed by atoms with Crippen molar-refractivity contribution in [2.24, 2.45) is 0 Å². The van der Waals surface area contributed by atoms with Gasteiger partial charge in [-0.1, -0.05) is 42.5 Å². The Morgan fingerprint density at radius 3 is 2.22 bits per heavy atom. The minimum atomic E-state index is 0.786. The molecule has 1 heterocycles. The van der Waals surface area contributed by atoms with Gasteiger partial charge in [0.1, 0.15) is 0 Å². The summed E-state index contributed by atoms with van der Waals surface area (Å²) in [6.45, 7) is 2.81. The Bertz CT molecular complexity index is 585. The van der Waals surface area contributed by atoms with E-state index in [9.17, 15) is 0 Å². The van der Waals surface area contributed by atoms with Crippen molar-refractivity contribution in [2.75, 3.05) is 0 Å². The fraction of sp³-hybridized carbons (Fsp3) is 0.188. The number of nitriles is 1. The Kier molecular flexibility index (Phi) is 2.84. The molecule has 1 aliphatic rings. The van der Waals surface area contributed by atoms with Crippen molar-refractivity contribution in [1.82, 2.24) is 4.90 Å². The van der Waals surface area contributed by atoms with E-state index in [1.165, 1.54) is 11.1 Å². The molecule has 0 spiro atoms. The largest absolute Gasteiger partial charge is 0.291 e. The predicted octanol–water partition coefficient (Wildman–Crippen LogP) is 3.07. The molecular weight excluding hydrogens is 220 g/mol. The third kappa shape index (κ3) is 2.01. The van der Waals surface area contributed by atoms with Gasteiger partial charge in [-0.3, -0.25) is 4.90 Å². The molecule has 0 fully saturated rings. The van der Waals surface area contributed by atoms with Crippen molar-refractivity contribution < 1.29 is 0 Å². The highest BCUT2D eigenvalue weighted by Gasteiger charge is 2.18. The summed E-state index contributed by atoms with van der Waals surface area (Å²) in [5.74, 6) is 0. The monoisotopic (exact) mass is 234 g/mol. The quantitative estimate of drug-likeness (QED) is 0.798. The predicted molar refractivity (Wildman–Crippen MR) is 70.6 cm³/mol. The third-order valence-corrected chi connectivity index (χ3v) is 3.44. The number of hydrogen-bond donors (Lipinski definition) is 0. The minimum absolute atomic E-state index is 0.786. The van der Waals surface area contributed by atoms with Gasteiger partial charge in [-0.2, -0.15) is 5.26 Å². The van der Waals surface area contributed by atoms with Crippen LogP contribution in [-0.2, 0) is 19.6 Å². The summed E-state index contributed by atoms with van der Waals surface area (Å²) in [4.78, 5) is 2.38. The lowest BCUT2D eigenvalue weighted by molar-refractivity contribution is 0.275. The van der Waals surface area contributed by atoms with Gasteiger partial charge in [-0.05, 0) is 22.8 Å². The van der Waals surface area contributed by atoms with E-state index >= 15 is 0 Å². The Morgan fingerprint density at radius 2 is 1.56 bits per heavy atom. The number of nitrogens with zero attached hydrogens (tertiary/aromatic N) is 2. The second kappa shape index (κ2) is 4.64. The number of hydrogen-bond acceptors (Lipinski definition) is 2. The summed E-state index contributed by atoms with van der Waals surface area (Å²) in [5, 5.41) is 9.10. The highest BCUT2D eigenvalue weighted by Crippen LogP contribution is 2.24. The highest BCUT2D eigenvalue weighted by molar-refractivity contribution is 5.38. The van der Waals surface area contributed by atoms with Crippen molar-refractivity contribution in [1.29, 1.82) is 5.26 Å². The summed E-state index contributed by atoms with van der Waals surface area (Å²) in [6, 6.07) is 18.7. The fourth-order valence-corrected chi connectivity index (χ4v) is 2.52. The molecule has 0 unspecified atom stereocenters. The van der Waals surface area contributed by atoms with Gasteiger partial charge in [-0.25, -0.2) is 0 Å². The van der Waals surface area contributed by atoms with Gasteiger partial charge in [-0.15, -0.1) is 0 Å². The molecule has 18 heavy (non-hydrogen) atoms. The van der Waals surface area contributed by atoms with Crippen LogP contribution in [0.2, 0.25) is 0 Å². The minimum Gasteiger partial charge on any atom is -0.291 e. The zero-order valence-electron chi connectivity index (χ0n) is 10.1. The van der Waals surface area contributed by atoms with E-state index < -0.39 is 0 Å². The second-order valence-corrected chi connectivity index (χ2v) is 4.68. The van der Waals surface area contributed by atoms with Gasteiger partial charge in [0.05, 0.1) is 11.6 Å². The normalized spacial score (nSPS) is 14.2. The van der Waals surface area contributed by atoms with Crippen LogP contribution in [0.5, 0.6) is 0 Å². The molecule has 0 aromatic heterocycles. The van der Waals surface area contributed by atoms with Crippen LogP contribution in [0.25, 0.3) is 0 Å². The lowest BCUT2D eigenvalue weighted by Crippen LogP contribution is -2.16. The van der Waals surface area contributed by atoms with Gasteiger partial charge >= 0.3 is 0 Å². The summed E-state index contributed by atoms with van der Waals surface area (Å²) in [6.07, 6.45) is 0. The van der Waals surface area contributed by atoms with Crippen molar-refractivity contribution >= 4 is 0 Å². The molecule has 2 aromatic rings. The molecule has 0 bridgehead atoms. The van der Waals surface area contributed by atoms with E-state index in [1.807, 2.05) is 24.3 Å². The van der Waals surface area contributed by atoms with Crippen molar-refractivity contribution in [2.45, 2.75) is 19.6 Å². The molecule has 2 aromatic carbocycles. The third-order valence-electron chi connectivity index (χ3n) is 3.44. The van der Waals surface area contributed by atoms with Gasteiger partial charge in [0.25, 0.3) is 0 Å². The van der Waals surface area contributed by atoms with Gasteiger partial charge < -0.3 is 0 Å². The average Bonchev–Trinajstić information content (AvgIpc) is 2.81. The maximum Gasteiger partial charge on any atom is 0.0995 e. The van der Waals surface area contributed by atoms with Crippen LogP contribution in [-0.4, -0.2) is 4.90 Å². The molecule has 0 amide bonds. The van der Waals surface area contributed by atoms with Crippen LogP contribution in [0.15, 0.2) is 48.5 Å². The van der Waals surface area contributed by atoms with E-state index in [2.05, 4.69) is 35.2 Å². The SMILES string of the molecule is N#Cc1ccccc1CN1Cc2ccccc2C1. The molecular formula is C16H14N2. The van der Waals surface area contributed by atoms with E-state index in [4.69, 9.17) is 5.26 Å². The zero-order chi connectivity index (χ0) is 12.4. The molecule has 0 atom stereocenters. The topological polar surface area (TPSA) is 27.0 Å². The number of benzene rings is 2. The first-order valence-corrected chi connectivity index (χ1v) is 6.14. The Balaban J connectivity index is 1.79. The Hall–Kier alpha value is -2.11. The summed E-state index contributed by atoms with van der Waals surface area (Å²) >= 11 is 0. The van der Waals surface area contributed by atoms with Crippen molar-refractivity contribution in [3.8, 4) is 6.07 Å². The lowest BCUT2D eigenvalue weighted by Gasteiger charge is -2.15. The van der Waals surface area contributed by atoms with Crippen LogP contribution < -0.4 is 0 Å². The first-order chi connectivity index (χ1) is 8.86. The first-order valence-electron chi connectivity index (χ1n) is 6.14. The molecule has 3 rings (SSSR count). The number of fused-ring (bicyclic) bond motifs is 1. The standard InChI is InChI=1S/C16H14N2/c17-9-13-5-1-2-6-14(13)10-18-11-15-7-3-4-8-16(15)12-18/h1-8H,10-12H2. The molecule has 0 saturated heterocycles. The van der Waals surface area contributed by atoms with E-state index in [0.717, 1.165) is 30.8 Å². The van der Waals surface area contributed by atoms with Crippen molar-refractivity contribution in [3.05, 3.63) is 70.8 Å². The van der Waals surface area contributed by atoms with Crippen LogP contribution >= 0.6 is 0 Å². The fourth-order valence-electron chi connectivity index (χ4n) is 2.52. The summed E-state index contributed by atoms with van der Waals surface area (Å²) in [5.41, 5.74) is 4.72. The molecule has 2 nitrogen and oxygen atoms in total. The van der Waals surface area contributed by atoms with Crippen LogP contribution in [0, 0.1) is 11.3 Å². The summed E-state index contributed by atoms with van der Waals surface area (Å²) in [7, 11) is 0. The van der Waals surface area contributed by atoms with Crippen LogP contribution in [0.1, 0.15) is 22.3 Å². The van der Waals surface area contributed by atoms with Gasteiger partial charge in [0, 0.05) is 19.6 Å². The lowest BCUT2D eigenvalue weighted by atomic mass is 10.1. The average molecular weight is 234 g/mol. The molecule has 88 valence electrons. The zero-order valence-corrected chi connectivity index (χ0v) is 10.1. The highest BCUT2D eigenvalue weighted by atomic mass is 15.1. The van der Waals surface area contributed by atoms with Crippen LogP contribution in [0.4, 0.5) is 0 Å². The second-order valence-electron chi connectivity index (χ2n) is 4.68. The first kappa shape index (κ1) is 11.0. The Morgan fingerprint density at radius 1 is 0.944 bits per heavy atom. The van der Waals surface area contributed by atoms with E-state index in [1.54, 1.807) is 0 Å². The molecule has 1 aliphatic heterocycles. The van der Waals surface area contributed by atoms with Gasteiger partial charge in [0.2, 0.25) is 0 Å². The molecule has 2 heteroatoms. The van der Waals surface area contributed by atoms with Crippen molar-refractivity contribution in [3.63, 3.8) is 0 Å². The number of rotatable bonds is 2. The smallest absolute Gasteiger partial charge is 0.0995 e. The van der Waals surface area contributed by atoms with E-state index in [-0.39, 0.29) is 0 Å². The molecule has 0 radical (unpaired) electrons. The van der Waals surface area contributed by atoms with E-state index in [0.29, 0.717) is 0 Å². The Labute approximate surface area is 107 Å². The van der Waals surface area contributed by atoms with Gasteiger partial charge in [0.15, 0.2) is 0 Å². The molecule has 0 aliphatic carbocycles. The summed E-state index contributed by atoms with van der Waals surface area (Å²) < 4.78 is 0. The molecule has 0 saturated carbocycles. The maximum absolute atomic E-state index is 9.10. The maximum atomic E-state index is 9.10. The molecule has 0 N–H and O–H groups in total. The van der Waals surface area contributed by atoms with Crippen LogP contribution in [0.3, 0.4) is 0 Å².